The van der Waals surface area contributed by atoms with Crippen molar-refractivity contribution in [3.05, 3.63) is 36.4 Å². The molecule has 0 fully saturated rings. The van der Waals surface area contributed by atoms with Crippen LogP contribution in [0.4, 0.5) is 5.69 Å². The Hall–Kier alpha value is -1.24. The van der Waals surface area contributed by atoms with Crippen LogP contribution in [0.25, 0.3) is 6.08 Å². The van der Waals surface area contributed by atoms with Crippen LogP contribution < -0.4 is 5.32 Å². The molecule has 1 rings (SSSR count). The van der Waals surface area contributed by atoms with Crippen molar-refractivity contribution >= 4 is 11.8 Å². The maximum atomic E-state index is 3.74. The Balaban J connectivity index is 2.46. The number of rotatable bonds is 6. The second kappa shape index (κ2) is 6.28. The molecule has 0 radical (unpaired) electrons. The van der Waals surface area contributed by atoms with Gasteiger partial charge < -0.3 is 5.32 Å². The first-order chi connectivity index (χ1) is 7.30. The van der Waals surface area contributed by atoms with E-state index in [0.717, 1.165) is 12.5 Å². The largest absolute Gasteiger partial charge is 0.385 e. The SMILES string of the molecule is C=Cc1ccc(NCC(CC)CC)cc1. The fourth-order valence-electron chi connectivity index (χ4n) is 1.58. The molecule has 1 heteroatoms. The van der Waals surface area contributed by atoms with Gasteiger partial charge in [0, 0.05) is 12.2 Å². The number of hydrogen-bond acceptors (Lipinski definition) is 1. The maximum absolute atomic E-state index is 3.74. The van der Waals surface area contributed by atoms with Crippen LogP contribution in [-0.2, 0) is 0 Å². The van der Waals surface area contributed by atoms with Crippen LogP contribution in [0, 0.1) is 5.92 Å². The highest BCUT2D eigenvalue weighted by Gasteiger charge is 2.02. The minimum absolute atomic E-state index is 0.782. The van der Waals surface area contributed by atoms with Crippen molar-refractivity contribution in [3.63, 3.8) is 0 Å². The van der Waals surface area contributed by atoms with Gasteiger partial charge in [-0.3, -0.25) is 0 Å². The zero-order chi connectivity index (χ0) is 11.1. The zero-order valence-corrected chi connectivity index (χ0v) is 9.79. The smallest absolute Gasteiger partial charge is 0.0340 e. The van der Waals surface area contributed by atoms with Crippen molar-refractivity contribution in [2.75, 3.05) is 11.9 Å². The minimum atomic E-state index is 0.782. The van der Waals surface area contributed by atoms with Gasteiger partial charge in [0.15, 0.2) is 0 Å². The van der Waals surface area contributed by atoms with E-state index in [4.69, 9.17) is 0 Å². The summed E-state index contributed by atoms with van der Waals surface area (Å²) in [5.74, 6) is 0.782. The molecule has 1 nitrogen and oxygen atoms in total. The number of nitrogens with one attached hydrogen (secondary N) is 1. The van der Waals surface area contributed by atoms with Gasteiger partial charge in [-0.1, -0.05) is 51.5 Å². The van der Waals surface area contributed by atoms with E-state index in [1.54, 1.807) is 0 Å². The Labute approximate surface area is 93.2 Å². The highest BCUT2D eigenvalue weighted by molar-refractivity contribution is 5.53. The van der Waals surface area contributed by atoms with Gasteiger partial charge in [-0.25, -0.2) is 0 Å². The fraction of sp³-hybridized carbons (Fsp3) is 0.429. The van der Waals surface area contributed by atoms with Gasteiger partial charge in [0.25, 0.3) is 0 Å². The van der Waals surface area contributed by atoms with Crippen LogP contribution in [0.15, 0.2) is 30.8 Å². The monoisotopic (exact) mass is 203 g/mol. The van der Waals surface area contributed by atoms with E-state index in [2.05, 4.69) is 50.0 Å². The van der Waals surface area contributed by atoms with Gasteiger partial charge >= 0.3 is 0 Å². The maximum Gasteiger partial charge on any atom is 0.0340 e. The summed E-state index contributed by atoms with van der Waals surface area (Å²) in [7, 11) is 0. The molecule has 0 aliphatic heterocycles. The molecule has 0 aliphatic rings. The zero-order valence-electron chi connectivity index (χ0n) is 9.79. The van der Waals surface area contributed by atoms with Gasteiger partial charge in [0.1, 0.15) is 0 Å². The molecular weight excluding hydrogens is 182 g/mol. The molecule has 0 bridgehead atoms. The first-order valence-corrected chi connectivity index (χ1v) is 5.76. The summed E-state index contributed by atoms with van der Waals surface area (Å²) in [6, 6.07) is 8.39. The molecule has 0 spiro atoms. The van der Waals surface area contributed by atoms with Crippen molar-refractivity contribution in [1.29, 1.82) is 0 Å². The molecule has 1 aromatic rings. The first-order valence-electron chi connectivity index (χ1n) is 5.76. The van der Waals surface area contributed by atoms with E-state index in [-0.39, 0.29) is 0 Å². The highest BCUT2D eigenvalue weighted by atomic mass is 14.9. The predicted molar refractivity (Wildman–Crippen MR) is 69.1 cm³/mol. The Morgan fingerprint density at radius 3 is 2.27 bits per heavy atom. The molecule has 0 amide bonds. The minimum Gasteiger partial charge on any atom is -0.385 e. The predicted octanol–water partition coefficient (Wildman–Crippen LogP) is 4.18. The summed E-state index contributed by atoms with van der Waals surface area (Å²) in [5, 5.41) is 3.46. The van der Waals surface area contributed by atoms with E-state index in [9.17, 15) is 0 Å². The van der Waals surface area contributed by atoms with Crippen molar-refractivity contribution < 1.29 is 0 Å². The molecule has 1 N–H and O–H groups in total. The Morgan fingerprint density at radius 2 is 1.80 bits per heavy atom. The molecule has 15 heavy (non-hydrogen) atoms. The molecule has 0 saturated heterocycles. The molecule has 0 aromatic heterocycles. The summed E-state index contributed by atoms with van der Waals surface area (Å²) < 4.78 is 0. The number of anilines is 1. The normalized spacial score (nSPS) is 10.3. The Kier molecular flexibility index (Phi) is 4.96. The summed E-state index contributed by atoms with van der Waals surface area (Å²) in [6.45, 7) is 9.30. The number of benzene rings is 1. The average Bonchev–Trinajstić information content (AvgIpc) is 2.31. The van der Waals surface area contributed by atoms with Gasteiger partial charge in [0.2, 0.25) is 0 Å². The van der Waals surface area contributed by atoms with Gasteiger partial charge in [-0.15, -0.1) is 0 Å². The molecule has 0 unspecified atom stereocenters. The van der Waals surface area contributed by atoms with E-state index < -0.39 is 0 Å². The summed E-state index contributed by atoms with van der Waals surface area (Å²) >= 11 is 0. The van der Waals surface area contributed by atoms with Crippen molar-refractivity contribution in [3.8, 4) is 0 Å². The van der Waals surface area contributed by atoms with Crippen LogP contribution >= 0.6 is 0 Å². The van der Waals surface area contributed by atoms with E-state index in [1.165, 1.54) is 24.1 Å². The third-order valence-electron chi connectivity index (χ3n) is 2.90. The van der Waals surface area contributed by atoms with Crippen LogP contribution in [0.3, 0.4) is 0 Å². The fourth-order valence-corrected chi connectivity index (χ4v) is 1.58. The molecular formula is C14H21N. The lowest BCUT2D eigenvalue weighted by atomic mass is 10.0. The van der Waals surface area contributed by atoms with Gasteiger partial charge in [-0.2, -0.15) is 0 Å². The third kappa shape index (κ3) is 3.78. The van der Waals surface area contributed by atoms with Crippen molar-refractivity contribution in [1.82, 2.24) is 0 Å². The summed E-state index contributed by atoms with van der Waals surface area (Å²) in [5.41, 5.74) is 2.37. The lowest BCUT2D eigenvalue weighted by molar-refractivity contribution is 0.519. The second-order valence-electron chi connectivity index (χ2n) is 3.89. The van der Waals surface area contributed by atoms with Crippen LogP contribution in [0.5, 0.6) is 0 Å². The molecule has 0 aliphatic carbocycles. The third-order valence-corrected chi connectivity index (χ3v) is 2.90. The van der Waals surface area contributed by atoms with E-state index >= 15 is 0 Å². The highest BCUT2D eigenvalue weighted by Crippen LogP contribution is 2.13. The number of hydrogen-bond donors (Lipinski definition) is 1. The topological polar surface area (TPSA) is 12.0 Å². The molecule has 1 aromatic carbocycles. The van der Waals surface area contributed by atoms with Crippen LogP contribution in [0.1, 0.15) is 32.3 Å². The molecule has 0 saturated carbocycles. The summed E-state index contributed by atoms with van der Waals surface area (Å²) in [4.78, 5) is 0. The molecule has 82 valence electrons. The quantitative estimate of drug-likeness (QED) is 0.731. The second-order valence-corrected chi connectivity index (χ2v) is 3.89. The molecule has 0 heterocycles. The van der Waals surface area contributed by atoms with Crippen molar-refractivity contribution in [2.24, 2.45) is 5.92 Å². The van der Waals surface area contributed by atoms with Gasteiger partial charge in [0.05, 0.1) is 0 Å². The Bertz CT molecular complexity index is 283. The summed E-state index contributed by atoms with van der Waals surface area (Å²) in [6.07, 6.45) is 4.35. The molecule has 0 atom stereocenters. The van der Waals surface area contributed by atoms with Gasteiger partial charge in [-0.05, 0) is 23.6 Å². The lowest BCUT2D eigenvalue weighted by Gasteiger charge is -2.14. The standard InChI is InChI=1S/C14H21N/c1-4-12(5-2)11-15-14-9-7-13(6-3)8-10-14/h6-10,12,15H,3-5,11H2,1-2H3. The average molecular weight is 203 g/mol. The van der Waals surface area contributed by atoms with Crippen LogP contribution in [-0.4, -0.2) is 6.54 Å². The van der Waals surface area contributed by atoms with Crippen molar-refractivity contribution in [2.45, 2.75) is 26.7 Å². The first kappa shape index (κ1) is 11.8. The van der Waals surface area contributed by atoms with E-state index in [1.807, 2.05) is 6.08 Å². The van der Waals surface area contributed by atoms with E-state index in [0.29, 0.717) is 0 Å². The Morgan fingerprint density at radius 1 is 1.20 bits per heavy atom. The lowest BCUT2D eigenvalue weighted by Crippen LogP contribution is -2.12. The van der Waals surface area contributed by atoms with Crippen LogP contribution in [0.2, 0.25) is 0 Å².